The third kappa shape index (κ3) is 3.95. The van der Waals surface area contributed by atoms with Gasteiger partial charge in [0.1, 0.15) is 0 Å². The van der Waals surface area contributed by atoms with Crippen LogP contribution in [0.15, 0.2) is 0 Å². The molecule has 0 bridgehead atoms. The fourth-order valence-corrected chi connectivity index (χ4v) is 1.44. The van der Waals surface area contributed by atoms with Crippen molar-refractivity contribution in [1.82, 2.24) is 5.32 Å². The smallest absolute Gasteiger partial charge is 0.0822 e. The zero-order valence-corrected chi connectivity index (χ0v) is 10.2. The summed E-state index contributed by atoms with van der Waals surface area (Å²) >= 11 is 0. The molecular formula is C11H25NO2. The Labute approximate surface area is 88.2 Å². The normalized spacial score (nSPS) is 17.8. The molecule has 1 N–H and O–H groups in total. The van der Waals surface area contributed by atoms with E-state index in [9.17, 15) is 0 Å². The Kier molecular flexibility index (Phi) is 7.15. The molecule has 0 spiro atoms. The van der Waals surface area contributed by atoms with Crippen LogP contribution >= 0.6 is 0 Å². The molecule has 2 atom stereocenters. The molecule has 0 radical (unpaired) electrons. The van der Waals surface area contributed by atoms with Crippen LogP contribution in [0.5, 0.6) is 0 Å². The average Bonchev–Trinajstić information content (AvgIpc) is 2.23. The predicted molar refractivity (Wildman–Crippen MR) is 59.7 cm³/mol. The van der Waals surface area contributed by atoms with E-state index in [1.165, 1.54) is 0 Å². The van der Waals surface area contributed by atoms with Crippen LogP contribution in [0.2, 0.25) is 0 Å². The molecular weight excluding hydrogens is 178 g/mol. The number of nitrogens with one attached hydrogen (secondary N) is 1. The van der Waals surface area contributed by atoms with Crippen LogP contribution in [0.1, 0.15) is 33.6 Å². The topological polar surface area (TPSA) is 30.5 Å². The standard InChI is InChI=1S/C11H25NO2/c1-6-8-14-9-10(12-4)11(3,7-2)13-5/h10,12H,6-9H2,1-5H3. The van der Waals surface area contributed by atoms with E-state index in [2.05, 4.69) is 26.1 Å². The van der Waals surface area contributed by atoms with Gasteiger partial charge >= 0.3 is 0 Å². The lowest BCUT2D eigenvalue weighted by atomic mass is 9.94. The summed E-state index contributed by atoms with van der Waals surface area (Å²) in [6.45, 7) is 7.89. The van der Waals surface area contributed by atoms with Gasteiger partial charge in [-0.1, -0.05) is 13.8 Å². The minimum Gasteiger partial charge on any atom is -0.380 e. The molecule has 0 aromatic carbocycles. The Bertz CT molecular complexity index is 135. The van der Waals surface area contributed by atoms with Gasteiger partial charge in [-0.25, -0.2) is 0 Å². The lowest BCUT2D eigenvalue weighted by Gasteiger charge is -2.35. The number of hydrogen-bond acceptors (Lipinski definition) is 3. The van der Waals surface area contributed by atoms with Gasteiger partial charge in [-0.05, 0) is 26.8 Å². The van der Waals surface area contributed by atoms with Crippen LogP contribution in [0.4, 0.5) is 0 Å². The largest absolute Gasteiger partial charge is 0.380 e. The highest BCUT2D eigenvalue weighted by molar-refractivity contribution is 4.87. The van der Waals surface area contributed by atoms with Gasteiger partial charge in [0.2, 0.25) is 0 Å². The van der Waals surface area contributed by atoms with Crippen molar-refractivity contribution in [3.05, 3.63) is 0 Å². The predicted octanol–water partition coefficient (Wildman–Crippen LogP) is 1.82. The van der Waals surface area contributed by atoms with Gasteiger partial charge in [-0.2, -0.15) is 0 Å². The molecule has 2 unspecified atom stereocenters. The van der Waals surface area contributed by atoms with Crippen LogP contribution in [0, 0.1) is 0 Å². The molecule has 0 aromatic heterocycles. The van der Waals surface area contributed by atoms with Crippen molar-refractivity contribution in [3.8, 4) is 0 Å². The molecule has 14 heavy (non-hydrogen) atoms. The van der Waals surface area contributed by atoms with Gasteiger partial charge < -0.3 is 14.8 Å². The first-order valence-electron chi connectivity index (χ1n) is 5.44. The van der Waals surface area contributed by atoms with Crippen molar-refractivity contribution in [3.63, 3.8) is 0 Å². The maximum atomic E-state index is 5.54. The van der Waals surface area contributed by atoms with Crippen molar-refractivity contribution < 1.29 is 9.47 Å². The maximum Gasteiger partial charge on any atom is 0.0822 e. The monoisotopic (exact) mass is 203 g/mol. The SMILES string of the molecule is CCCOCC(NC)C(C)(CC)OC. The molecule has 0 aromatic rings. The van der Waals surface area contributed by atoms with E-state index < -0.39 is 0 Å². The highest BCUT2D eigenvalue weighted by atomic mass is 16.5. The van der Waals surface area contributed by atoms with E-state index in [0.717, 1.165) is 19.4 Å². The van der Waals surface area contributed by atoms with Gasteiger partial charge in [0.25, 0.3) is 0 Å². The fourth-order valence-electron chi connectivity index (χ4n) is 1.44. The first-order chi connectivity index (χ1) is 6.64. The quantitative estimate of drug-likeness (QED) is 0.610. The zero-order valence-electron chi connectivity index (χ0n) is 10.2. The van der Waals surface area contributed by atoms with Gasteiger partial charge in [0.15, 0.2) is 0 Å². The molecule has 0 heterocycles. The number of likely N-dealkylation sites (N-methyl/N-ethyl adjacent to an activating group) is 1. The van der Waals surface area contributed by atoms with Crippen LogP contribution in [-0.2, 0) is 9.47 Å². The number of hydrogen-bond donors (Lipinski definition) is 1. The molecule has 3 heteroatoms. The molecule has 0 aliphatic heterocycles. The summed E-state index contributed by atoms with van der Waals surface area (Å²) in [5.74, 6) is 0. The third-order valence-electron chi connectivity index (χ3n) is 2.89. The minimum absolute atomic E-state index is 0.136. The first kappa shape index (κ1) is 13.9. The molecule has 3 nitrogen and oxygen atoms in total. The lowest BCUT2D eigenvalue weighted by molar-refractivity contribution is -0.0518. The second kappa shape index (κ2) is 7.21. The Hall–Kier alpha value is -0.120. The lowest BCUT2D eigenvalue weighted by Crippen LogP contribution is -2.51. The van der Waals surface area contributed by atoms with Crippen molar-refractivity contribution in [2.75, 3.05) is 27.4 Å². The Morgan fingerprint density at radius 1 is 1.36 bits per heavy atom. The molecule has 0 saturated heterocycles. The van der Waals surface area contributed by atoms with E-state index >= 15 is 0 Å². The number of ether oxygens (including phenoxy) is 2. The molecule has 0 aliphatic rings. The van der Waals surface area contributed by atoms with Gasteiger partial charge in [0, 0.05) is 13.7 Å². The zero-order chi connectivity index (χ0) is 11.0. The average molecular weight is 203 g/mol. The van der Waals surface area contributed by atoms with E-state index in [1.807, 2.05) is 7.05 Å². The third-order valence-corrected chi connectivity index (χ3v) is 2.89. The molecule has 0 rings (SSSR count). The summed E-state index contributed by atoms with van der Waals surface area (Å²) < 4.78 is 11.1. The first-order valence-corrected chi connectivity index (χ1v) is 5.44. The van der Waals surface area contributed by atoms with Crippen LogP contribution in [0.3, 0.4) is 0 Å². The summed E-state index contributed by atoms with van der Waals surface area (Å²) in [7, 11) is 3.71. The van der Waals surface area contributed by atoms with Crippen molar-refractivity contribution in [2.24, 2.45) is 0 Å². The minimum atomic E-state index is -0.136. The molecule has 0 amide bonds. The van der Waals surface area contributed by atoms with Gasteiger partial charge in [-0.15, -0.1) is 0 Å². The Morgan fingerprint density at radius 3 is 2.36 bits per heavy atom. The molecule has 0 aliphatic carbocycles. The molecule has 86 valence electrons. The molecule has 0 fully saturated rings. The summed E-state index contributed by atoms with van der Waals surface area (Å²) in [6, 6.07) is 0.254. The Morgan fingerprint density at radius 2 is 2.00 bits per heavy atom. The van der Waals surface area contributed by atoms with Crippen molar-refractivity contribution in [2.45, 2.75) is 45.3 Å². The van der Waals surface area contributed by atoms with Crippen molar-refractivity contribution >= 4 is 0 Å². The highest BCUT2D eigenvalue weighted by Gasteiger charge is 2.31. The second-order valence-electron chi connectivity index (χ2n) is 3.79. The van der Waals surface area contributed by atoms with E-state index in [0.29, 0.717) is 6.61 Å². The van der Waals surface area contributed by atoms with E-state index in [-0.39, 0.29) is 11.6 Å². The summed E-state index contributed by atoms with van der Waals surface area (Å²) in [5, 5.41) is 3.25. The van der Waals surface area contributed by atoms with Gasteiger partial charge in [-0.3, -0.25) is 0 Å². The fraction of sp³-hybridized carbons (Fsp3) is 1.00. The summed E-state index contributed by atoms with van der Waals surface area (Å²) in [6.07, 6.45) is 2.04. The number of methoxy groups -OCH3 is 1. The van der Waals surface area contributed by atoms with Crippen LogP contribution in [-0.4, -0.2) is 39.0 Å². The summed E-state index contributed by atoms with van der Waals surface area (Å²) in [5.41, 5.74) is -0.136. The Balaban J connectivity index is 4.08. The van der Waals surface area contributed by atoms with Crippen LogP contribution in [0.25, 0.3) is 0 Å². The highest BCUT2D eigenvalue weighted by Crippen LogP contribution is 2.19. The van der Waals surface area contributed by atoms with Gasteiger partial charge in [0.05, 0.1) is 18.2 Å². The van der Waals surface area contributed by atoms with E-state index in [1.54, 1.807) is 7.11 Å². The van der Waals surface area contributed by atoms with Crippen LogP contribution < -0.4 is 5.32 Å². The second-order valence-corrected chi connectivity index (χ2v) is 3.79. The molecule has 0 saturated carbocycles. The van der Waals surface area contributed by atoms with E-state index in [4.69, 9.17) is 9.47 Å². The summed E-state index contributed by atoms with van der Waals surface area (Å²) in [4.78, 5) is 0. The number of rotatable bonds is 8. The van der Waals surface area contributed by atoms with Crippen molar-refractivity contribution in [1.29, 1.82) is 0 Å². The maximum absolute atomic E-state index is 5.54.